The first kappa shape index (κ1) is 12.4. The molecule has 0 saturated heterocycles. The Bertz CT molecular complexity index is 510. The van der Waals surface area contributed by atoms with E-state index < -0.39 is 14.9 Å². The van der Waals surface area contributed by atoms with Crippen LogP contribution in [0, 0.1) is 17.0 Å². The van der Waals surface area contributed by atoms with Crippen molar-refractivity contribution in [1.82, 2.24) is 0 Å². The van der Waals surface area contributed by atoms with Gasteiger partial charge in [-0.2, -0.15) is 0 Å². The number of hydrogen-bond acceptors (Lipinski definition) is 4. The van der Waals surface area contributed by atoms with Crippen LogP contribution in [0.3, 0.4) is 0 Å². The third kappa shape index (κ3) is 2.93. The van der Waals surface area contributed by atoms with Crippen LogP contribution < -0.4 is 0 Å². The lowest BCUT2D eigenvalue weighted by atomic mass is 10.2. The zero-order chi connectivity index (χ0) is 12.3. The molecule has 0 amide bonds. The molecule has 88 valence electrons. The van der Waals surface area contributed by atoms with Gasteiger partial charge in [0.15, 0.2) is 0 Å². The molecule has 7 heteroatoms. The molecule has 0 radical (unpaired) electrons. The average molecular weight is 243 g/mol. The smallest absolute Gasteiger partial charge is 0.271 e. The minimum atomic E-state index is -3.53. The topological polar surface area (TPSA) is 91.4 Å². The second kappa shape index (κ2) is 4.48. The summed E-state index contributed by atoms with van der Waals surface area (Å²) in [4.78, 5) is 10.1. The third-order valence-electron chi connectivity index (χ3n) is 2.00. The van der Waals surface area contributed by atoms with E-state index in [-0.39, 0.29) is 17.1 Å². The summed E-state index contributed by atoms with van der Waals surface area (Å²) in [6.45, 7) is 3.04. The van der Waals surface area contributed by atoms with Crippen molar-refractivity contribution in [3.63, 3.8) is 0 Å². The summed E-state index contributed by atoms with van der Waals surface area (Å²) >= 11 is 0. The molecular weight excluding hydrogens is 232 g/mol. The van der Waals surface area contributed by atoms with Gasteiger partial charge in [0.25, 0.3) is 5.69 Å². The first-order valence-electron chi connectivity index (χ1n) is 4.56. The van der Waals surface area contributed by atoms with E-state index in [0.29, 0.717) is 5.56 Å². The summed E-state index contributed by atoms with van der Waals surface area (Å²) < 4.78 is 25.9. The van der Waals surface area contributed by atoms with E-state index in [2.05, 4.69) is 4.72 Å². The first-order valence-corrected chi connectivity index (χ1v) is 6.17. The van der Waals surface area contributed by atoms with Crippen LogP contribution in [-0.4, -0.2) is 19.1 Å². The van der Waals surface area contributed by atoms with Crippen LogP contribution in [0.15, 0.2) is 18.2 Å². The van der Waals surface area contributed by atoms with Crippen LogP contribution in [0.25, 0.3) is 4.72 Å². The Labute approximate surface area is 93.5 Å². The molecule has 0 aliphatic heterocycles. The molecule has 0 heterocycles. The van der Waals surface area contributed by atoms with Crippen molar-refractivity contribution in [3.8, 4) is 0 Å². The molecule has 0 aliphatic carbocycles. The SMILES string of the molecule is CCS(=O)(=O)[N-]c1ccc(C)c([N+](=O)[O-])c1. The van der Waals surface area contributed by atoms with Crippen molar-refractivity contribution in [2.45, 2.75) is 13.8 Å². The molecule has 16 heavy (non-hydrogen) atoms. The number of sulfonamides is 1. The molecule has 6 nitrogen and oxygen atoms in total. The fraction of sp³-hybridized carbons (Fsp3) is 0.333. The standard InChI is InChI=1S/C9H11N2O4S/c1-3-16(14,15)10-8-5-4-7(2)9(6-8)11(12)13/h4-6H,3H2,1-2H3/q-1. The van der Waals surface area contributed by atoms with Gasteiger partial charge in [-0.3, -0.25) is 10.1 Å². The average Bonchev–Trinajstić information content (AvgIpc) is 2.20. The van der Waals surface area contributed by atoms with Gasteiger partial charge in [0, 0.05) is 17.4 Å². The molecule has 0 unspecified atom stereocenters. The zero-order valence-corrected chi connectivity index (χ0v) is 9.69. The molecule has 0 N–H and O–H groups in total. The molecule has 1 aromatic rings. The molecule has 0 bridgehead atoms. The number of aryl methyl sites for hydroxylation is 1. The zero-order valence-electron chi connectivity index (χ0n) is 8.87. The Morgan fingerprint density at radius 1 is 1.44 bits per heavy atom. The summed E-state index contributed by atoms with van der Waals surface area (Å²) in [5.41, 5.74) is 0.421. The van der Waals surface area contributed by atoms with Gasteiger partial charge in [0.05, 0.1) is 14.9 Å². The Balaban J connectivity index is 3.09. The third-order valence-corrected chi connectivity index (χ3v) is 3.22. The number of benzene rings is 1. The number of nitro groups is 1. The Kier molecular flexibility index (Phi) is 3.48. The Morgan fingerprint density at radius 3 is 2.56 bits per heavy atom. The van der Waals surface area contributed by atoms with Gasteiger partial charge >= 0.3 is 0 Å². The maximum Gasteiger partial charge on any atom is 0.271 e. The van der Waals surface area contributed by atoms with E-state index in [1.165, 1.54) is 19.1 Å². The lowest BCUT2D eigenvalue weighted by Gasteiger charge is -2.20. The number of nitrogens with zero attached hydrogens (tertiary/aromatic N) is 2. The fourth-order valence-electron chi connectivity index (χ4n) is 1.08. The van der Waals surface area contributed by atoms with E-state index in [1.807, 2.05) is 0 Å². The lowest BCUT2D eigenvalue weighted by molar-refractivity contribution is -0.385. The van der Waals surface area contributed by atoms with E-state index in [4.69, 9.17) is 0 Å². The first-order chi connectivity index (χ1) is 7.35. The normalized spacial score (nSPS) is 11.1. The van der Waals surface area contributed by atoms with E-state index in [0.717, 1.165) is 6.07 Å². The van der Waals surface area contributed by atoms with Gasteiger partial charge in [-0.25, -0.2) is 8.42 Å². The van der Waals surface area contributed by atoms with Gasteiger partial charge in [0.2, 0.25) is 0 Å². The summed E-state index contributed by atoms with van der Waals surface area (Å²) in [5.74, 6) is -0.130. The van der Waals surface area contributed by atoms with Crippen LogP contribution in [-0.2, 0) is 10.0 Å². The molecule has 0 aliphatic rings. The van der Waals surface area contributed by atoms with E-state index >= 15 is 0 Å². The Hall–Kier alpha value is -1.63. The summed E-state index contributed by atoms with van der Waals surface area (Å²) in [5, 5.41) is 10.6. The predicted octanol–water partition coefficient (Wildman–Crippen LogP) is 2.26. The number of hydrogen-bond donors (Lipinski definition) is 0. The van der Waals surface area contributed by atoms with Crippen LogP contribution in [0.2, 0.25) is 0 Å². The highest BCUT2D eigenvalue weighted by Crippen LogP contribution is 2.29. The summed E-state index contributed by atoms with van der Waals surface area (Å²) in [7, 11) is -3.53. The second-order valence-electron chi connectivity index (χ2n) is 3.19. The minimum absolute atomic E-state index is 0.0825. The van der Waals surface area contributed by atoms with Gasteiger partial charge in [0.1, 0.15) is 0 Å². The minimum Gasteiger partial charge on any atom is -0.577 e. The van der Waals surface area contributed by atoms with Crippen molar-refractivity contribution < 1.29 is 13.3 Å². The van der Waals surface area contributed by atoms with Crippen LogP contribution in [0.5, 0.6) is 0 Å². The van der Waals surface area contributed by atoms with Gasteiger partial charge in [-0.05, 0) is 6.92 Å². The van der Waals surface area contributed by atoms with Crippen molar-refractivity contribution >= 4 is 21.4 Å². The van der Waals surface area contributed by atoms with Gasteiger partial charge in [-0.15, -0.1) is 5.69 Å². The molecular formula is C9H11N2O4S-. The van der Waals surface area contributed by atoms with Crippen molar-refractivity contribution in [2.75, 3.05) is 5.75 Å². The van der Waals surface area contributed by atoms with Gasteiger partial charge < -0.3 is 4.72 Å². The maximum atomic E-state index is 11.2. The van der Waals surface area contributed by atoms with Crippen molar-refractivity contribution in [3.05, 3.63) is 38.6 Å². The highest BCUT2D eigenvalue weighted by molar-refractivity contribution is 7.94. The van der Waals surface area contributed by atoms with Gasteiger partial charge in [-0.1, -0.05) is 19.1 Å². The lowest BCUT2D eigenvalue weighted by Crippen LogP contribution is -1.99. The molecule has 0 fully saturated rings. The largest absolute Gasteiger partial charge is 0.577 e. The molecule has 1 aromatic carbocycles. The fourth-order valence-corrected chi connectivity index (χ4v) is 1.64. The van der Waals surface area contributed by atoms with Crippen LogP contribution >= 0.6 is 0 Å². The van der Waals surface area contributed by atoms with E-state index in [9.17, 15) is 18.5 Å². The van der Waals surface area contributed by atoms with Crippen molar-refractivity contribution in [2.24, 2.45) is 0 Å². The molecule has 0 atom stereocenters. The molecule has 1 rings (SSSR count). The van der Waals surface area contributed by atoms with Crippen molar-refractivity contribution in [1.29, 1.82) is 0 Å². The summed E-state index contributed by atoms with van der Waals surface area (Å²) in [6.07, 6.45) is 0. The summed E-state index contributed by atoms with van der Waals surface area (Å²) in [6, 6.07) is 4.07. The number of nitro benzene ring substituents is 1. The number of rotatable bonds is 4. The highest BCUT2D eigenvalue weighted by atomic mass is 32.2. The van der Waals surface area contributed by atoms with E-state index in [1.54, 1.807) is 6.92 Å². The predicted molar refractivity (Wildman–Crippen MR) is 60.3 cm³/mol. The quantitative estimate of drug-likeness (QED) is 0.599. The molecule has 0 saturated carbocycles. The van der Waals surface area contributed by atoms with Crippen LogP contribution in [0.4, 0.5) is 11.4 Å². The highest BCUT2D eigenvalue weighted by Gasteiger charge is 2.08. The Morgan fingerprint density at radius 2 is 2.06 bits per heavy atom. The van der Waals surface area contributed by atoms with Crippen LogP contribution in [0.1, 0.15) is 12.5 Å². The second-order valence-corrected chi connectivity index (χ2v) is 5.11. The molecule has 0 spiro atoms. The maximum absolute atomic E-state index is 11.2. The monoisotopic (exact) mass is 243 g/mol. The molecule has 0 aromatic heterocycles.